The summed E-state index contributed by atoms with van der Waals surface area (Å²) in [6.07, 6.45) is 10.3. The summed E-state index contributed by atoms with van der Waals surface area (Å²) in [5, 5.41) is 20.8. The Morgan fingerprint density at radius 1 is 0.892 bits per heavy atom. The fraction of sp³-hybridized carbons (Fsp3) is 0.528. The van der Waals surface area contributed by atoms with Crippen molar-refractivity contribution >= 4 is 52.4 Å². The molecule has 3 atom stereocenters. The fourth-order valence-corrected chi connectivity index (χ4v) is 10.6. The summed E-state index contributed by atoms with van der Waals surface area (Å²) in [5.74, 6) is 1.56. The number of likely N-dealkylation sites (tertiary alicyclic amines) is 1. The Labute approximate surface area is 436 Å². The van der Waals surface area contributed by atoms with Gasteiger partial charge < -0.3 is 50.0 Å². The number of amides is 4. The van der Waals surface area contributed by atoms with Crippen LogP contribution in [0.4, 0.5) is 17.5 Å². The van der Waals surface area contributed by atoms with Crippen LogP contribution in [0.15, 0.2) is 60.5 Å². The van der Waals surface area contributed by atoms with Gasteiger partial charge in [0.15, 0.2) is 11.6 Å². The number of hydrogen-bond acceptors (Lipinski definition) is 16. The van der Waals surface area contributed by atoms with Gasteiger partial charge in [0.25, 0.3) is 5.91 Å². The van der Waals surface area contributed by atoms with E-state index in [1.54, 1.807) is 54.1 Å². The second-order valence-corrected chi connectivity index (χ2v) is 20.7. The monoisotopic (exact) mass is 1030 g/mol. The lowest BCUT2D eigenvalue weighted by Crippen LogP contribution is -2.57. The highest BCUT2D eigenvalue weighted by Gasteiger charge is 2.42. The molecule has 0 radical (unpaired) electrons. The number of carbonyl (C=O) groups excluding carboxylic acids is 4. The molecule has 74 heavy (non-hydrogen) atoms. The molecule has 8 rings (SSSR count). The molecule has 2 aromatic carbocycles. The van der Waals surface area contributed by atoms with E-state index < -0.39 is 17.5 Å². The summed E-state index contributed by atoms with van der Waals surface area (Å²) in [6.45, 7) is 12.6. The molecule has 3 aromatic heterocycles. The minimum atomic E-state index is -0.822. The summed E-state index contributed by atoms with van der Waals surface area (Å²) in [7, 11) is 1.55. The van der Waals surface area contributed by atoms with Crippen LogP contribution in [0.1, 0.15) is 113 Å². The molecule has 20 nitrogen and oxygen atoms in total. The molecule has 0 unspecified atom stereocenters. The van der Waals surface area contributed by atoms with Crippen molar-refractivity contribution in [3.8, 4) is 21.9 Å². The molecule has 3 aliphatic rings. The van der Waals surface area contributed by atoms with Crippen molar-refractivity contribution in [3.63, 3.8) is 0 Å². The number of anilines is 3. The summed E-state index contributed by atoms with van der Waals surface area (Å²) in [6, 6.07) is 12.2. The van der Waals surface area contributed by atoms with Crippen LogP contribution in [0, 0.1) is 12.3 Å². The summed E-state index contributed by atoms with van der Waals surface area (Å²) < 4.78 is 24.6. The smallest absolute Gasteiger partial charge is 0.251 e. The van der Waals surface area contributed by atoms with Crippen molar-refractivity contribution in [2.24, 2.45) is 5.41 Å². The zero-order chi connectivity index (χ0) is 52.2. The Bertz CT molecular complexity index is 2700. The average Bonchev–Trinajstić information content (AvgIpc) is 4.26. The van der Waals surface area contributed by atoms with Gasteiger partial charge in [-0.05, 0) is 73.8 Å². The zero-order valence-electron chi connectivity index (χ0n) is 43.4. The Hall–Kier alpha value is -6.55. The first-order valence-corrected chi connectivity index (χ1v) is 26.6. The van der Waals surface area contributed by atoms with Gasteiger partial charge in [-0.3, -0.25) is 23.7 Å². The Balaban J connectivity index is 0.695. The van der Waals surface area contributed by atoms with Crippen LogP contribution in [0.3, 0.4) is 0 Å². The second-order valence-electron chi connectivity index (χ2n) is 19.9. The van der Waals surface area contributed by atoms with E-state index in [2.05, 4.69) is 53.3 Å². The van der Waals surface area contributed by atoms with Crippen LogP contribution in [-0.4, -0.2) is 136 Å². The van der Waals surface area contributed by atoms with Gasteiger partial charge in [-0.15, -0.1) is 21.5 Å². The average molecular weight is 1040 g/mol. The SMILES string of the molecule is CC[C@@H]1c2nncn2-c2cnc(Nc3ccc(C(=O)NCCOCCOCCOCCC(=O)N[C@H](C(=O)N4CCC[C@H]4C(=O)NCc4ccc(-c5scnc5C)cc4)C(C)(C)C)cc3OC)nc2N1C1CCCC1. The topological polar surface area (TPSA) is 229 Å². The number of ether oxygens (including phenoxy) is 4. The lowest BCUT2D eigenvalue weighted by Gasteiger charge is -2.40. The van der Waals surface area contributed by atoms with E-state index in [1.165, 1.54) is 12.8 Å². The van der Waals surface area contributed by atoms with Gasteiger partial charge in [0.2, 0.25) is 23.7 Å². The number of benzene rings is 2. The highest BCUT2D eigenvalue weighted by Crippen LogP contribution is 2.43. The number of methoxy groups -OCH3 is 1. The molecule has 2 fully saturated rings. The molecule has 5 aromatic rings. The molecule has 4 N–H and O–H groups in total. The minimum absolute atomic E-state index is 0.0592. The third kappa shape index (κ3) is 13.0. The van der Waals surface area contributed by atoms with E-state index in [0.717, 1.165) is 58.3 Å². The first-order valence-electron chi connectivity index (χ1n) is 25.7. The molecule has 396 valence electrons. The van der Waals surface area contributed by atoms with Crippen molar-refractivity contribution in [1.82, 2.24) is 50.6 Å². The van der Waals surface area contributed by atoms with E-state index in [9.17, 15) is 19.2 Å². The molecule has 0 bridgehead atoms. The molecule has 2 aliphatic heterocycles. The van der Waals surface area contributed by atoms with Crippen molar-refractivity contribution in [1.29, 1.82) is 0 Å². The van der Waals surface area contributed by atoms with Crippen LogP contribution < -0.4 is 30.9 Å². The molecule has 1 saturated heterocycles. The standard InChI is InChI=1S/C53H70N12O8S/c1-7-40-48-62-58-32-64(48)42-31-56-52(61-47(42)65(40)38-11-8-9-12-38)59-39-19-18-37(29-43(39)70-6)49(67)54-21-24-72-26-28-73-27-25-71-23-20-44(66)60-46(53(3,4)5)51(69)63-22-10-13-41(63)50(68)55-30-35-14-16-36(17-15-35)45-34(2)57-33-74-45/h14-19,29,31-33,38,40-41,46H,7-13,20-28,30H2,1-6H3,(H,54,67)(H,55,68)(H,60,66)(H,56,59,61)/t40-,41+,46-/m1/s1. The molecule has 4 amide bonds. The number of hydrogen-bond donors (Lipinski definition) is 4. The predicted octanol–water partition coefficient (Wildman–Crippen LogP) is 6.46. The molecule has 1 aliphatic carbocycles. The van der Waals surface area contributed by atoms with Gasteiger partial charge in [-0.1, -0.05) is 64.8 Å². The quantitative estimate of drug-likeness (QED) is 0.0486. The maximum absolute atomic E-state index is 14.0. The van der Waals surface area contributed by atoms with Crippen molar-refractivity contribution < 1.29 is 38.1 Å². The number of aryl methyl sites for hydroxylation is 1. The maximum atomic E-state index is 14.0. The first kappa shape index (κ1) is 53.7. The van der Waals surface area contributed by atoms with E-state index in [-0.39, 0.29) is 55.9 Å². The van der Waals surface area contributed by atoms with Crippen molar-refractivity contribution in [2.75, 3.05) is 70.1 Å². The Morgan fingerprint density at radius 3 is 2.34 bits per heavy atom. The molecule has 1 saturated carbocycles. The zero-order valence-corrected chi connectivity index (χ0v) is 44.2. The highest BCUT2D eigenvalue weighted by atomic mass is 32.1. The van der Waals surface area contributed by atoms with Gasteiger partial charge in [-0.25, -0.2) is 9.97 Å². The van der Waals surface area contributed by atoms with E-state index in [4.69, 9.17) is 23.9 Å². The fourth-order valence-electron chi connectivity index (χ4n) is 9.82. The number of nitrogens with one attached hydrogen (secondary N) is 4. The molecule has 0 spiro atoms. The largest absolute Gasteiger partial charge is 0.495 e. The molecule has 21 heteroatoms. The number of thiazole rings is 1. The third-order valence-electron chi connectivity index (χ3n) is 13.7. The van der Waals surface area contributed by atoms with Crippen LogP contribution >= 0.6 is 11.3 Å². The van der Waals surface area contributed by atoms with Crippen molar-refractivity contribution in [3.05, 3.63) is 83.1 Å². The summed E-state index contributed by atoms with van der Waals surface area (Å²) in [5.41, 5.74) is 6.15. The summed E-state index contributed by atoms with van der Waals surface area (Å²) >= 11 is 1.59. The highest BCUT2D eigenvalue weighted by molar-refractivity contribution is 7.13. The first-order chi connectivity index (χ1) is 35.8. The van der Waals surface area contributed by atoms with Crippen molar-refractivity contribution in [2.45, 2.75) is 117 Å². The van der Waals surface area contributed by atoms with E-state index in [0.29, 0.717) is 81.3 Å². The summed E-state index contributed by atoms with van der Waals surface area (Å²) in [4.78, 5) is 72.6. The van der Waals surface area contributed by atoms with Gasteiger partial charge in [-0.2, -0.15) is 4.98 Å². The third-order valence-corrected chi connectivity index (χ3v) is 14.7. The lowest BCUT2D eigenvalue weighted by molar-refractivity contribution is -0.144. The van der Waals surface area contributed by atoms with E-state index in [1.807, 2.05) is 62.0 Å². The number of aromatic nitrogens is 6. The van der Waals surface area contributed by atoms with Gasteiger partial charge >= 0.3 is 0 Å². The van der Waals surface area contributed by atoms with Gasteiger partial charge in [0.1, 0.15) is 29.8 Å². The number of fused-ring (bicyclic) bond motifs is 3. The minimum Gasteiger partial charge on any atom is -0.495 e. The molecule has 5 heterocycles. The Kier molecular flexibility index (Phi) is 18.2. The number of rotatable bonds is 24. The second kappa shape index (κ2) is 25.1. The van der Waals surface area contributed by atoms with Crippen LogP contribution in [0.5, 0.6) is 5.75 Å². The van der Waals surface area contributed by atoms with Crippen LogP contribution in [0.2, 0.25) is 0 Å². The van der Waals surface area contributed by atoms with Gasteiger partial charge in [0, 0.05) is 37.7 Å². The van der Waals surface area contributed by atoms with Crippen LogP contribution in [0.25, 0.3) is 16.1 Å². The lowest BCUT2D eigenvalue weighted by atomic mass is 9.85. The molecular weight excluding hydrogens is 965 g/mol. The van der Waals surface area contributed by atoms with E-state index >= 15 is 0 Å². The maximum Gasteiger partial charge on any atom is 0.251 e. The normalized spacial score (nSPS) is 16.9. The van der Waals surface area contributed by atoms with Crippen LogP contribution in [-0.2, 0) is 35.1 Å². The molecular formula is C53H70N12O8S. The number of carbonyl (C=O) groups is 4. The number of nitrogens with zero attached hydrogens (tertiary/aromatic N) is 8. The Morgan fingerprint density at radius 2 is 1.64 bits per heavy atom. The van der Waals surface area contributed by atoms with Gasteiger partial charge in [0.05, 0.1) is 80.8 Å². The predicted molar refractivity (Wildman–Crippen MR) is 281 cm³/mol.